The lowest BCUT2D eigenvalue weighted by molar-refractivity contribution is -0.128. The fraction of sp³-hybridized carbons (Fsp3) is 0.273. The third-order valence-electron chi connectivity index (χ3n) is 4.66. The Morgan fingerprint density at radius 2 is 1.66 bits per heavy atom. The van der Waals surface area contributed by atoms with Crippen LogP contribution in [0.1, 0.15) is 37.6 Å². The maximum atomic E-state index is 13.0. The molecule has 0 radical (unpaired) electrons. The van der Waals surface area contributed by atoms with Crippen LogP contribution in [-0.2, 0) is 10.5 Å². The molecule has 0 saturated heterocycles. The fourth-order valence-corrected chi connectivity index (χ4v) is 3.38. The number of nitrogens with one attached hydrogen (secondary N) is 1. The zero-order chi connectivity index (χ0) is 21.0. The number of hydrogen-bond acceptors (Lipinski definition) is 5. The van der Waals surface area contributed by atoms with Crippen molar-refractivity contribution in [3.8, 4) is 11.4 Å². The van der Waals surface area contributed by atoms with Crippen LogP contribution in [0.4, 0.5) is 0 Å². The molecule has 1 N–H and O–H groups in total. The number of amides is 1. The molecule has 1 amide bonds. The summed E-state index contributed by atoms with van der Waals surface area (Å²) in [7, 11) is 0. The lowest BCUT2D eigenvalue weighted by Gasteiger charge is -2.34. The summed E-state index contributed by atoms with van der Waals surface area (Å²) in [6, 6.07) is 17.5. The molecule has 1 unspecified atom stereocenters. The third kappa shape index (κ3) is 4.03. The molecule has 0 saturated carbocycles. The second-order valence-corrected chi connectivity index (χ2v) is 7.31. The van der Waals surface area contributed by atoms with Crippen molar-refractivity contribution in [1.29, 1.82) is 0 Å². The van der Waals surface area contributed by atoms with Gasteiger partial charge >= 0.3 is 5.76 Å². The first-order valence-corrected chi connectivity index (χ1v) is 9.38. The molecule has 1 aromatic heterocycles. The summed E-state index contributed by atoms with van der Waals surface area (Å²) in [6.07, 6.45) is 0.196. The molecular formula is C22H23N3O4. The molecule has 29 heavy (non-hydrogen) atoms. The van der Waals surface area contributed by atoms with Crippen molar-refractivity contribution in [2.45, 2.75) is 32.9 Å². The van der Waals surface area contributed by atoms with Crippen molar-refractivity contribution in [2.75, 3.05) is 0 Å². The highest BCUT2D eigenvalue weighted by molar-refractivity contribution is 5.98. The molecule has 0 aliphatic carbocycles. The quantitative estimate of drug-likeness (QED) is 0.665. The van der Waals surface area contributed by atoms with E-state index >= 15 is 0 Å². The smallest absolute Gasteiger partial charge is 0.322 e. The summed E-state index contributed by atoms with van der Waals surface area (Å²) in [4.78, 5) is 38.6. The molecule has 1 heterocycles. The van der Waals surface area contributed by atoms with Gasteiger partial charge in [-0.3, -0.25) is 14.1 Å². The Morgan fingerprint density at radius 1 is 1.07 bits per heavy atom. The first-order chi connectivity index (χ1) is 13.8. The highest BCUT2D eigenvalue weighted by Crippen LogP contribution is 2.28. The van der Waals surface area contributed by atoms with Crippen molar-refractivity contribution in [2.24, 2.45) is 5.92 Å². The second-order valence-electron chi connectivity index (χ2n) is 7.31. The highest BCUT2D eigenvalue weighted by Gasteiger charge is 2.44. The zero-order valence-corrected chi connectivity index (χ0v) is 16.6. The molecule has 3 rings (SSSR count). The van der Waals surface area contributed by atoms with Gasteiger partial charge in [0.15, 0.2) is 17.3 Å². The molecule has 0 aliphatic heterocycles. The van der Waals surface area contributed by atoms with Crippen LogP contribution in [0, 0.1) is 5.92 Å². The van der Waals surface area contributed by atoms with Gasteiger partial charge in [0.25, 0.3) is 5.91 Å². The van der Waals surface area contributed by atoms with Gasteiger partial charge in [-0.25, -0.2) is 9.36 Å². The maximum Gasteiger partial charge on any atom is 0.444 e. The molecule has 150 valence electrons. The molecule has 0 bridgehead atoms. The molecule has 3 aromatic rings. The standard InChI is InChI=1S/C22H23N3O4/c1-15(2)14-22(16(3)26,23-20(27)18-12-8-5-9-13-18)25-19(24-29-21(25)28)17-10-6-4-7-11-17/h4-13,15H,14H2,1-3H3,(H,23,27). The molecule has 0 fully saturated rings. The van der Waals surface area contributed by atoms with Gasteiger partial charge in [-0.2, -0.15) is 0 Å². The van der Waals surface area contributed by atoms with Gasteiger partial charge in [-0.05, 0) is 31.4 Å². The zero-order valence-electron chi connectivity index (χ0n) is 16.6. The number of carbonyl (C=O) groups excluding carboxylic acids is 2. The lowest BCUT2D eigenvalue weighted by atomic mass is 9.92. The first-order valence-electron chi connectivity index (χ1n) is 9.38. The Bertz CT molecular complexity index is 1050. The Morgan fingerprint density at radius 3 is 2.21 bits per heavy atom. The predicted molar refractivity (Wildman–Crippen MR) is 108 cm³/mol. The Hall–Kier alpha value is -3.48. The number of hydrogen-bond donors (Lipinski definition) is 1. The lowest BCUT2D eigenvalue weighted by Crippen LogP contribution is -2.59. The van der Waals surface area contributed by atoms with Gasteiger partial charge in [-0.15, -0.1) is 0 Å². The molecule has 0 spiro atoms. The third-order valence-corrected chi connectivity index (χ3v) is 4.66. The van der Waals surface area contributed by atoms with E-state index in [2.05, 4.69) is 10.5 Å². The van der Waals surface area contributed by atoms with Crippen LogP contribution in [0.3, 0.4) is 0 Å². The van der Waals surface area contributed by atoms with Crippen LogP contribution in [-0.4, -0.2) is 21.4 Å². The Labute approximate surface area is 168 Å². The normalized spacial score (nSPS) is 13.1. The van der Waals surface area contributed by atoms with Crippen LogP contribution in [0.2, 0.25) is 0 Å². The minimum Gasteiger partial charge on any atom is -0.322 e. The van der Waals surface area contributed by atoms with E-state index in [1.54, 1.807) is 54.6 Å². The minimum absolute atomic E-state index is 0.0135. The van der Waals surface area contributed by atoms with Crippen molar-refractivity contribution in [3.05, 3.63) is 76.8 Å². The largest absolute Gasteiger partial charge is 0.444 e. The van der Waals surface area contributed by atoms with E-state index in [0.717, 1.165) is 4.57 Å². The van der Waals surface area contributed by atoms with Crippen molar-refractivity contribution >= 4 is 11.7 Å². The number of Topliss-reactive ketones (excluding diaryl/α,β-unsaturated/α-hetero) is 1. The van der Waals surface area contributed by atoms with Gasteiger partial charge in [-0.1, -0.05) is 67.5 Å². The van der Waals surface area contributed by atoms with Gasteiger partial charge in [0.05, 0.1) is 0 Å². The molecule has 1 atom stereocenters. The van der Waals surface area contributed by atoms with Crippen molar-refractivity contribution in [3.63, 3.8) is 0 Å². The topological polar surface area (TPSA) is 94.2 Å². The van der Waals surface area contributed by atoms with E-state index in [9.17, 15) is 14.4 Å². The average Bonchev–Trinajstić information content (AvgIpc) is 3.10. The number of rotatable bonds is 7. The summed E-state index contributed by atoms with van der Waals surface area (Å²) in [5, 5.41) is 6.70. The second kappa shape index (κ2) is 8.26. The predicted octanol–water partition coefficient (Wildman–Crippen LogP) is 3.22. The number of ketones is 1. The van der Waals surface area contributed by atoms with Gasteiger partial charge in [0.2, 0.25) is 0 Å². The van der Waals surface area contributed by atoms with E-state index in [-0.39, 0.29) is 18.2 Å². The van der Waals surface area contributed by atoms with Gasteiger partial charge in [0.1, 0.15) is 0 Å². The van der Waals surface area contributed by atoms with E-state index in [0.29, 0.717) is 11.1 Å². The van der Waals surface area contributed by atoms with Gasteiger partial charge in [0, 0.05) is 11.1 Å². The molecule has 7 heteroatoms. The molecule has 2 aromatic carbocycles. The first kappa shape index (κ1) is 20.3. The molecular weight excluding hydrogens is 370 g/mol. The molecule has 0 aliphatic rings. The average molecular weight is 393 g/mol. The van der Waals surface area contributed by atoms with Crippen LogP contribution >= 0.6 is 0 Å². The number of carbonyl (C=O) groups is 2. The van der Waals surface area contributed by atoms with Crippen molar-refractivity contribution < 1.29 is 14.1 Å². The number of benzene rings is 2. The SMILES string of the molecule is CC(=O)C(CC(C)C)(NC(=O)c1ccccc1)n1c(-c2ccccc2)noc1=O. The Kier molecular flexibility index (Phi) is 5.77. The summed E-state index contributed by atoms with van der Waals surface area (Å²) < 4.78 is 6.09. The van der Waals surface area contributed by atoms with Crippen LogP contribution in [0.25, 0.3) is 11.4 Å². The summed E-state index contributed by atoms with van der Waals surface area (Å²) in [5.41, 5.74) is -0.655. The van der Waals surface area contributed by atoms with Crippen LogP contribution in [0.5, 0.6) is 0 Å². The van der Waals surface area contributed by atoms with Crippen molar-refractivity contribution in [1.82, 2.24) is 15.0 Å². The fourth-order valence-electron chi connectivity index (χ4n) is 3.38. The van der Waals surface area contributed by atoms with E-state index in [4.69, 9.17) is 4.52 Å². The minimum atomic E-state index is -1.64. The van der Waals surface area contributed by atoms with E-state index in [1.165, 1.54) is 6.92 Å². The van der Waals surface area contributed by atoms with E-state index < -0.39 is 23.1 Å². The van der Waals surface area contributed by atoms with Crippen LogP contribution in [0.15, 0.2) is 70.0 Å². The number of aromatic nitrogens is 2. The van der Waals surface area contributed by atoms with E-state index in [1.807, 2.05) is 19.9 Å². The Balaban J connectivity index is 2.19. The highest BCUT2D eigenvalue weighted by atomic mass is 16.5. The van der Waals surface area contributed by atoms with Crippen LogP contribution < -0.4 is 11.1 Å². The van der Waals surface area contributed by atoms with Gasteiger partial charge < -0.3 is 5.32 Å². The number of nitrogens with zero attached hydrogens (tertiary/aromatic N) is 2. The summed E-state index contributed by atoms with van der Waals surface area (Å²) in [6.45, 7) is 5.17. The molecule has 7 nitrogen and oxygen atoms in total. The monoisotopic (exact) mass is 393 g/mol. The summed E-state index contributed by atoms with van der Waals surface area (Å²) >= 11 is 0. The maximum absolute atomic E-state index is 13.0. The summed E-state index contributed by atoms with van der Waals surface area (Å²) in [5.74, 6) is -1.50.